The average molecular weight is 382 g/mol. The lowest BCUT2D eigenvalue weighted by molar-refractivity contribution is -0.116. The van der Waals surface area contributed by atoms with Gasteiger partial charge in [-0.15, -0.1) is 0 Å². The second kappa shape index (κ2) is 7.82. The Hall–Kier alpha value is -2.48. The Balaban J connectivity index is 2.15. The van der Waals surface area contributed by atoms with Gasteiger partial charge in [-0.1, -0.05) is 12.1 Å². The monoisotopic (exact) mass is 382 g/mol. The molecule has 0 bridgehead atoms. The highest BCUT2D eigenvalue weighted by molar-refractivity contribution is 7.92. The van der Waals surface area contributed by atoms with Crippen molar-refractivity contribution in [3.63, 3.8) is 0 Å². The van der Waals surface area contributed by atoms with E-state index in [0.29, 0.717) is 11.8 Å². The van der Waals surface area contributed by atoms with Crippen LogP contribution in [0.4, 0.5) is 20.2 Å². The number of carbonyl (C=O) groups excluding carboxylic acids is 1. The van der Waals surface area contributed by atoms with Crippen LogP contribution < -0.4 is 9.62 Å². The number of anilines is 2. The third-order valence-electron chi connectivity index (χ3n) is 3.79. The van der Waals surface area contributed by atoms with Gasteiger partial charge in [0.2, 0.25) is 15.9 Å². The van der Waals surface area contributed by atoms with Gasteiger partial charge in [-0.05, 0) is 43.2 Å². The second-order valence-electron chi connectivity index (χ2n) is 6.05. The van der Waals surface area contributed by atoms with E-state index in [1.807, 2.05) is 26.0 Å². The van der Waals surface area contributed by atoms with Crippen LogP contribution in [-0.4, -0.2) is 27.1 Å². The van der Waals surface area contributed by atoms with Crippen molar-refractivity contribution >= 4 is 27.3 Å². The maximum absolute atomic E-state index is 14.0. The number of carbonyl (C=O) groups is 1. The van der Waals surface area contributed by atoms with Crippen LogP contribution in [0.1, 0.15) is 17.5 Å². The number of nitrogens with zero attached hydrogens (tertiary/aromatic N) is 1. The number of amides is 1. The number of nitrogens with one attached hydrogen (secondary N) is 1. The van der Waals surface area contributed by atoms with E-state index in [4.69, 9.17) is 0 Å². The van der Waals surface area contributed by atoms with E-state index in [1.54, 1.807) is 6.07 Å². The normalized spacial score (nSPS) is 11.3. The third kappa shape index (κ3) is 5.01. The molecule has 1 N–H and O–H groups in total. The van der Waals surface area contributed by atoms with Gasteiger partial charge >= 0.3 is 0 Å². The maximum atomic E-state index is 14.0. The van der Waals surface area contributed by atoms with Gasteiger partial charge in [0.05, 0.1) is 11.9 Å². The van der Waals surface area contributed by atoms with Gasteiger partial charge in [0, 0.05) is 24.7 Å². The fourth-order valence-electron chi connectivity index (χ4n) is 2.43. The van der Waals surface area contributed by atoms with E-state index in [-0.39, 0.29) is 18.7 Å². The molecule has 0 saturated carbocycles. The van der Waals surface area contributed by atoms with Crippen molar-refractivity contribution in [2.24, 2.45) is 0 Å². The van der Waals surface area contributed by atoms with Gasteiger partial charge in [-0.25, -0.2) is 17.2 Å². The van der Waals surface area contributed by atoms with Crippen LogP contribution >= 0.6 is 0 Å². The summed E-state index contributed by atoms with van der Waals surface area (Å²) in [4.78, 5) is 12.2. The van der Waals surface area contributed by atoms with Gasteiger partial charge in [0.25, 0.3) is 0 Å². The van der Waals surface area contributed by atoms with Crippen molar-refractivity contribution < 1.29 is 22.0 Å². The Morgan fingerprint density at radius 2 is 1.81 bits per heavy atom. The molecular formula is C18H20F2N2O3S. The molecule has 0 fully saturated rings. The molecule has 0 spiro atoms. The minimum atomic E-state index is -3.85. The van der Waals surface area contributed by atoms with Crippen molar-refractivity contribution in [1.29, 1.82) is 0 Å². The van der Waals surface area contributed by atoms with Crippen LogP contribution in [0.2, 0.25) is 0 Å². The van der Waals surface area contributed by atoms with Crippen LogP contribution in [0, 0.1) is 25.5 Å². The number of benzene rings is 2. The first-order valence-electron chi connectivity index (χ1n) is 7.88. The summed E-state index contributed by atoms with van der Waals surface area (Å²) in [5.41, 5.74) is 2.17. The summed E-state index contributed by atoms with van der Waals surface area (Å²) >= 11 is 0. The fraction of sp³-hybridized carbons (Fsp3) is 0.278. The number of aryl methyl sites for hydroxylation is 2. The SMILES string of the molecule is Cc1ccc(C)c(NC(=O)CCN(c2ccc(F)cc2F)S(C)(=O)=O)c1. The molecular weight excluding hydrogens is 362 g/mol. The topological polar surface area (TPSA) is 66.5 Å². The summed E-state index contributed by atoms with van der Waals surface area (Å²) in [6.07, 6.45) is 0.718. The van der Waals surface area contributed by atoms with Crippen molar-refractivity contribution in [1.82, 2.24) is 0 Å². The molecule has 0 aliphatic carbocycles. The molecule has 0 atom stereocenters. The maximum Gasteiger partial charge on any atom is 0.232 e. The van der Waals surface area contributed by atoms with E-state index in [1.165, 1.54) is 0 Å². The molecule has 0 aliphatic rings. The molecule has 0 saturated heterocycles. The van der Waals surface area contributed by atoms with E-state index >= 15 is 0 Å². The Morgan fingerprint density at radius 1 is 1.12 bits per heavy atom. The van der Waals surface area contributed by atoms with Crippen molar-refractivity contribution in [2.75, 3.05) is 22.4 Å². The van der Waals surface area contributed by atoms with Crippen LogP contribution in [0.25, 0.3) is 0 Å². The van der Waals surface area contributed by atoms with E-state index in [0.717, 1.165) is 33.8 Å². The fourth-order valence-corrected chi connectivity index (χ4v) is 3.36. The van der Waals surface area contributed by atoms with Crippen LogP contribution in [0.5, 0.6) is 0 Å². The molecule has 26 heavy (non-hydrogen) atoms. The Labute approximate surface area is 151 Å². The lowest BCUT2D eigenvalue weighted by Gasteiger charge is -2.22. The summed E-state index contributed by atoms with van der Waals surface area (Å²) in [5.74, 6) is -2.23. The molecule has 0 heterocycles. The Bertz CT molecular complexity index is 930. The zero-order chi connectivity index (χ0) is 19.5. The lowest BCUT2D eigenvalue weighted by Crippen LogP contribution is -2.33. The van der Waals surface area contributed by atoms with Crippen LogP contribution in [0.15, 0.2) is 36.4 Å². The van der Waals surface area contributed by atoms with Crippen LogP contribution in [-0.2, 0) is 14.8 Å². The first kappa shape index (κ1) is 19.8. The molecule has 5 nitrogen and oxygen atoms in total. The Kier molecular flexibility index (Phi) is 5.97. The standard InChI is InChI=1S/C18H20F2N2O3S/c1-12-4-5-13(2)16(10-12)21-18(23)8-9-22(26(3,24)25)17-7-6-14(19)11-15(17)20/h4-7,10-11H,8-9H2,1-3H3,(H,21,23). The molecule has 0 aliphatic heterocycles. The summed E-state index contributed by atoms with van der Waals surface area (Å²) in [6, 6.07) is 8.18. The van der Waals surface area contributed by atoms with Gasteiger partial charge in [0.15, 0.2) is 0 Å². The smallest absolute Gasteiger partial charge is 0.232 e. The molecule has 2 aromatic carbocycles. The number of hydrogen-bond donors (Lipinski definition) is 1. The molecule has 1 amide bonds. The molecule has 8 heteroatoms. The summed E-state index contributed by atoms with van der Waals surface area (Å²) in [7, 11) is -3.85. The van der Waals surface area contributed by atoms with Gasteiger partial charge in [-0.3, -0.25) is 9.10 Å². The zero-order valence-corrected chi connectivity index (χ0v) is 15.5. The van der Waals surface area contributed by atoms with Gasteiger partial charge in [0.1, 0.15) is 11.6 Å². The number of rotatable bonds is 6. The highest BCUT2D eigenvalue weighted by Gasteiger charge is 2.22. The minimum absolute atomic E-state index is 0.183. The predicted octanol–water partition coefficient (Wildman–Crippen LogP) is 3.38. The van der Waals surface area contributed by atoms with Crippen molar-refractivity contribution in [3.05, 3.63) is 59.2 Å². The molecule has 140 valence electrons. The number of hydrogen-bond acceptors (Lipinski definition) is 3. The second-order valence-corrected chi connectivity index (χ2v) is 7.95. The largest absolute Gasteiger partial charge is 0.326 e. The van der Waals surface area contributed by atoms with Crippen molar-refractivity contribution in [2.45, 2.75) is 20.3 Å². The van der Waals surface area contributed by atoms with Gasteiger partial charge < -0.3 is 5.32 Å². The summed E-state index contributed by atoms with van der Waals surface area (Å²) < 4.78 is 51.7. The van der Waals surface area contributed by atoms with E-state index in [9.17, 15) is 22.0 Å². The molecule has 0 unspecified atom stereocenters. The Morgan fingerprint density at radius 3 is 2.42 bits per heavy atom. The van der Waals surface area contributed by atoms with E-state index < -0.39 is 27.6 Å². The minimum Gasteiger partial charge on any atom is -0.326 e. The quantitative estimate of drug-likeness (QED) is 0.833. The highest BCUT2D eigenvalue weighted by Crippen LogP contribution is 2.23. The first-order valence-corrected chi connectivity index (χ1v) is 9.72. The van der Waals surface area contributed by atoms with Gasteiger partial charge in [-0.2, -0.15) is 0 Å². The highest BCUT2D eigenvalue weighted by atomic mass is 32.2. The predicted molar refractivity (Wildman–Crippen MR) is 97.7 cm³/mol. The molecule has 2 rings (SSSR count). The first-order chi connectivity index (χ1) is 12.1. The van der Waals surface area contributed by atoms with Crippen LogP contribution in [0.3, 0.4) is 0 Å². The summed E-state index contributed by atoms with van der Waals surface area (Å²) in [6.45, 7) is 3.46. The number of halogens is 2. The third-order valence-corrected chi connectivity index (χ3v) is 4.97. The van der Waals surface area contributed by atoms with Crippen molar-refractivity contribution in [3.8, 4) is 0 Å². The summed E-state index contributed by atoms with van der Waals surface area (Å²) in [5, 5.41) is 2.72. The zero-order valence-electron chi connectivity index (χ0n) is 14.7. The van der Waals surface area contributed by atoms with E-state index in [2.05, 4.69) is 5.32 Å². The molecule has 0 radical (unpaired) electrons. The molecule has 2 aromatic rings. The average Bonchev–Trinajstić information content (AvgIpc) is 2.51. The number of sulfonamides is 1. The molecule has 0 aromatic heterocycles. The lowest BCUT2D eigenvalue weighted by atomic mass is 10.1.